The molecule has 3 aliphatic heterocycles. The third kappa shape index (κ3) is 4.80. The first-order valence-electron chi connectivity index (χ1n) is 13.6. The van der Waals surface area contributed by atoms with Crippen LogP contribution in [-0.4, -0.2) is 68.2 Å². The summed E-state index contributed by atoms with van der Waals surface area (Å²) >= 11 is 0. The maximum Gasteiger partial charge on any atom is 0.253 e. The van der Waals surface area contributed by atoms with Crippen molar-refractivity contribution in [2.24, 2.45) is 0 Å². The zero-order valence-electron chi connectivity index (χ0n) is 21.0. The van der Waals surface area contributed by atoms with Crippen LogP contribution < -0.4 is 4.74 Å². The van der Waals surface area contributed by atoms with Crippen LogP contribution in [0.5, 0.6) is 5.75 Å². The van der Waals surface area contributed by atoms with E-state index in [1.54, 1.807) is 18.2 Å². The number of aryl methyl sites for hydroxylation is 1. The van der Waals surface area contributed by atoms with Gasteiger partial charge in [0.25, 0.3) is 5.91 Å². The lowest BCUT2D eigenvalue weighted by atomic mass is 9.91. The lowest BCUT2D eigenvalue weighted by Gasteiger charge is -2.36. The van der Waals surface area contributed by atoms with Gasteiger partial charge in [0.15, 0.2) is 9.84 Å². The van der Waals surface area contributed by atoms with Crippen molar-refractivity contribution in [2.75, 3.05) is 31.9 Å². The molecule has 0 spiro atoms. The van der Waals surface area contributed by atoms with E-state index in [1.165, 1.54) is 36.9 Å². The van der Waals surface area contributed by atoms with E-state index in [9.17, 15) is 13.2 Å². The van der Waals surface area contributed by atoms with Gasteiger partial charge in [-0.15, -0.1) is 0 Å². The maximum absolute atomic E-state index is 13.1. The molecule has 192 valence electrons. The number of fused-ring (bicyclic) bond motifs is 2. The number of ether oxygens (including phenoxy) is 1. The number of hydrogen-bond acceptors (Lipinski definition) is 5. The van der Waals surface area contributed by atoms with Crippen molar-refractivity contribution >= 4 is 15.7 Å². The fourth-order valence-corrected chi connectivity index (χ4v) is 7.81. The topological polar surface area (TPSA) is 66.9 Å². The average Bonchev–Trinajstić information content (AvgIpc) is 3.05. The fraction of sp³-hybridized carbons (Fsp3) is 0.552. The van der Waals surface area contributed by atoms with E-state index in [-0.39, 0.29) is 17.8 Å². The van der Waals surface area contributed by atoms with Crippen LogP contribution in [0, 0.1) is 0 Å². The summed E-state index contributed by atoms with van der Waals surface area (Å²) in [6.07, 6.45) is 9.38. The zero-order valence-corrected chi connectivity index (χ0v) is 21.8. The minimum Gasteiger partial charge on any atom is -0.490 e. The molecule has 4 aliphatic rings. The Kier molecular flexibility index (Phi) is 6.54. The summed E-state index contributed by atoms with van der Waals surface area (Å²) in [5, 5.41) is 0. The van der Waals surface area contributed by atoms with Gasteiger partial charge >= 0.3 is 0 Å². The fourth-order valence-electron chi connectivity index (χ4n) is 6.23. The number of carbonyl (C=O) groups excluding carboxylic acids is 1. The normalized spacial score (nSPS) is 22.7. The Hall–Kier alpha value is -2.38. The van der Waals surface area contributed by atoms with Crippen molar-refractivity contribution in [1.82, 2.24) is 9.80 Å². The quantitative estimate of drug-likeness (QED) is 0.624. The van der Waals surface area contributed by atoms with Gasteiger partial charge in [-0.1, -0.05) is 12.5 Å². The first kappa shape index (κ1) is 24.0. The molecule has 7 heteroatoms. The Bertz CT molecular complexity index is 1250. The van der Waals surface area contributed by atoms with Gasteiger partial charge in [0.05, 0.1) is 10.6 Å². The molecule has 2 aromatic rings. The number of likely N-dealkylation sites (tertiary alicyclic amines) is 1. The summed E-state index contributed by atoms with van der Waals surface area (Å²) in [6, 6.07) is 12.5. The number of nitrogens with zero attached hydrogens (tertiary/aromatic N) is 2. The highest BCUT2D eigenvalue weighted by atomic mass is 32.2. The Morgan fingerprint density at radius 3 is 2.33 bits per heavy atom. The Morgan fingerprint density at radius 1 is 0.806 bits per heavy atom. The minimum absolute atomic E-state index is 0.0136. The van der Waals surface area contributed by atoms with Gasteiger partial charge in [0.2, 0.25) is 0 Å². The first-order valence-corrected chi connectivity index (χ1v) is 15.3. The highest BCUT2D eigenvalue weighted by Gasteiger charge is 2.29. The van der Waals surface area contributed by atoms with E-state index >= 15 is 0 Å². The molecule has 6 rings (SSSR count). The van der Waals surface area contributed by atoms with Crippen LogP contribution in [0.15, 0.2) is 41.3 Å². The van der Waals surface area contributed by atoms with Gasteiger partial charge < -0.3 is 9.64 Å². The lowest BCUT2D eigenvalue weighted by Crippen LogP contribution is -2.41. The Morgan fingerprint density at radius 2 is 1.58 bits per heavy atom. The van der Waals surface area contributed by atoms with E-state index in [1.807, 2.05) is 4.90 Å². The molecule has 2 aromatic carbocycles. The molecule has 1 saturated carbocycles. The van der Waals surface area contributed by atoms with Crippen molar-refractivity contribution < 1.29 is 17.9 Å². The SMILES string of the molecule is O=C(c1ccc2c(c1)CCCS2(=O)=O)N1CCC(Oc2ccc3c(c2)CCN(C2CCC2)CC3)CC1. The Labute approximate surface area is 214 Å². The standard InChI is InChI=1S/C29H36N2O4S/c32-29(24-7-9-28-23(19-24)3-2-18-36(28,33)34)31-16-12-26(13-17-31)35-27-8-6-21-10-14-30(25-4-1-5-25)15-11-22(21)20-27/h6-9,19-20,25-26H,1-5,10-18H2. The van der Waals surface area contributed by atoms with Crippen LogP contribution in [-0.2, 0) is 29.1 Å². The highest BCUT2D eigenvalue weighted by Crippen LogP contribution is 2.30. The average molecular weight is 509 g/mol. The summed E-state index contributed by atoms with van der Waals surface area (Å²) < 4.78 is 30.9. The molecule has 0 bridgehead atoms. The molecule has 3 heterocycles. The largest absolute Gasteiger partial charge is 0.490 e. The van der Waals surface area contributed by atoms with Gasteiger partial charge in [-0.2, -0.15) is 0 Å². The second-order valence-corrected chi connectivity index (χ2v) is 13.0. The minimum atomic E-state index is -3.20. The number of amides is 1. The van der Waals surface area contributed by atoms with Gasteiger partial charge in [-0.25, -0.2) is 8.42 Å². The molecule has 0 atom stereocenters. The second-order valence-electron chi connectivity index (χ2n) is 10.9. The molecule has 0 N–H and O–H groups in total. The van der Waals surface area contributed by atoms with Crippen molar-refractivity contribution in [1.29, 1.82) is 0 Å². The van der Waals surface area contributed by atoms with Crippen LogP contribution in [0.1, 0.15) is 65.6 Å². The number of carbonyl (C=O) groups is 1. The summed E-state index contributed by atoms with van der Waals surface area (Å²) in [7, 11) is -3.20. The molecule has 0 radical (unpaired) electrons. The number of sulfone groups is 1. The van der Waals surface area contributed by atoms with Crippen LogP contribution in [0.25, 0.3) is 0 Å². The van der Waals surface area contributed by atoms with Gasteiger partial charge in [0, 0.05) is 50.6 Å². The molecular formula is C29H36N2O4S. The van der Waals surface area contributed by atoms with E-state index in [2.05, 4.69) is 23.1 Å². The van der Waals surface area contributed by atoms with Gasteiger partial charge in [0.1, 0.15) is 11.9 Å². The van der Waals surface area contributed by atoms with Crippen molar-refractivity contribution in [3.8, 4) is 5.75 Å². The zero-order chi connectivity index (χ0) is 24.7. The van der Waals surface area contributed by atoms with E-state index < -0.39 is 9.84 Å². The number of piperidine rings is 1. The predicted octanol–water partition coefficient (Wildman–Crippen LogP) is 4.04. The third-order valence-corrected chi connectivity index (χ3v) is 10.5. The molecule has 1 saturated heterocycles. The van der Waals surface area contributed by atoms with Gasteiger partial charge in [-0.3, -0.25) is 9.69 Å². The summed E-state index contributed by atoms with van der Waals surface area (Å²) in [5.41, 5.74) is 4.26. The maximum atomic E-state index is 13.1. The van der Waals surface area contributed by atoms with Crippen molar-refractivity contribution in [2.45, 2.75) is 74.8 Å². The smallest absolute Gasteiger partial charge is 0.253 e. The predicted molar refractivity (Wildman–Crippen MR) is 139 cm³/mol. The molecule has 2 fully saturated rings. The molecule has 1 amide bonds. The lowest BCUT2D eigenvalue weighted by molar-refractivity contribution is 0.0595. The van der Waals surface area contributed by atoms with Crippen LogP contribution >= 0.6 is 0 Å². The summed E-state index contributed by atoms with van der Waals surface area (Å²) in [5.74, 6) is 1.14. The molecule has 0 aromatic heterocycles. The number of benzene rings is 2. The van der Waals surface area contributed by atoms with E-state index in [0.717, 1.165) is 49.6 Å². The van der Waals surface area contributed by atoms with Crippen LogP contribution in [0.4, 0.5) is 0 Å². The van der Waals surface area contributed by atoms with Gasteiger partial charge in [-0.05, 0) is 85.5 Å². The monoisotopic (exact) mass is 508 g/mol. The van der Waals surface area contributed by atoms with E-state index in [4.69, 9.17) is 4.74 Å². The molecule has 0 unspecified atom stereocenters. The number of hydrogen-bond donors (Lipinski definition) is 0. The Balaban J connectivity index is 1.05. The molecule has 6 nitrogen and oxygen atoms in total. The third-order valence-electron chi connectivity index (χ3n) is 8.64. The van der Waals surface area contributed by atoms with Crippen molar-refractivity contribution in [3.05, 3.63) is 58.7 Å². The number of rotatable bonds is 4. The highest BCUT2D eigenvalue weighted by molar-refractivity contribution is 7.91. The first-order chi connectivity index (χ1) is 17.5. The van der Waals surface area contributed by atoms with E-state index in [0.29, 0.717) is 36.4 Å². The second kappa shape index (κ2) is 9.82. The molecular weight excluding hydrogens is 472 g/mol. The van der Waals surface area contributed by atoms with Crippen molar-refractivity contribution in [3.63, 3.8) is 0 Å². The molecule has 36 heavy (non-hydrogen) atoms. The van der Waals surface area contributed by atoms with Crippen LogP contribution in [0.2, 0.25) is 0 Å². The van der Waals surface area contributed by atoms with Crippen LogP contribution in [0.3, 0.4) is 0 Å². The molecule has 1 aliphatic carbocycles. The summed E-state index contributed by atoms with van der Waals surface area (Å²) in [6.45, 7) is 3.63. The summed E-state index contributed by atoms with van der Waals surface area (Å²) in [4.78, 5) is 18.1.